The molecule has 28 heavy (non-hydrogen) atoms. The summed E-state index contributed by atoms with van der Waals surface area (Å²) in [7, 11) is 0. The van der Waals surface area contributed by atoms with E-state index in [2.05, 4.69) is 37.7 Å². The molecule has 2 aromatic heterocycles. The maximum atomic E-state index is 12.0. The lowest BCUT2D eigenvalue weighted by Crippen LogP contribution is -2.25. The number of thioether (sulfide) groups is 1. The highest BCUT2D eigenvalue weighted by molar-refractivity contribution is 7.99. The van der Waals surface area contributed by atoms with Gasteiger partial charge in [0.2, 0.25) is 5.91 Å². The third-order valence-electron chi connectivity index (χ3n) is 4.73. The van der Waals surface area contributed by atoms with Gasteiger partial charge in [0.15, 0.2) is 11.0 Å². The first-order valence-electron chi connectivity index (χ1n) is 9.38. The van der Waals surface area contributed by atoms with Crippen molar-refractivity contribution in [3.8, 4) is 11.4 Å². The number of aromatic nitrogens is 4. The standard InChI is InChI=1S/C20H23N5O2S/c1-2-9-21-18(26)13-28-20-24-23-19(25(20)12-14-6-5-10-27-14)16-11-22-17-8-4-3-7-15(16)17/h2-4,7-8,11,14,22H,1,5-6,9-10,12-13H2,(H,21,26). The average Bonchev–Trinajstić information content (AvgIpc) is 3.45. The first kappa shape index (κ1) is 18.8. The average molecular weight is 398 g/mol. The van der Waals surface area contributed by atoms with Crippen molar-refractivity contribution in [2.45, 2.75) is 30.6 Å². The molecule has 3 heterocycles. The Morgan fingerprint density at radius 2 is 2.32 bits per heavy atom. The van der Waals surface area contributed by atoms with Gasteiger partial charge in [0.05, 0.1) is 18.4 Å². The van der Waals surface area contributed by atoms with E-state index in [4.69, 9.17) is 4.74 Å². The number of amides is 1. The van der Waals surface area contributed by atoms with E-state index >= 15 is 0 Å². The number of carbonyl (C=O) groups is 1. The molecule has 0 aliphatic carbocycles. The van der Waals surface area contributed by atoms with Crippen LogP contribution in [0.5, 0.6) is 0 Å². The third kappa shape index (κ3) is 3.98. The molecule has 0 radical (unpaired) electrons. The van der Waals surface area contributed by atoms with Gasteiger partial charge in [-0.15, -0.1) is 16.8 Å². The third-order valence-corrected chi connectivity index (χ3v) is 5.70. The molecule has 7 nitrogen and oxygen atoms in total. The summed E-state index contributed by atoms with van der Waals surface area (Å²) in [4.78, 5) is 15.3. The van der Waals surface area contributed by atoms with Gasteiger partial charge in [-0.05, 0) is 18.9 Å². The summed E-state index contributed by atoms with van der Waals surface area (Å²) < 4.78 is 7.92. The van der Waals surface area contributed by atoms with Crippen LogP contribution in [0.3, 0.4) is 0 Å². The van der Waals surface area contributed by atoms with Crippen molar-refractivity contribution in [1.82, 2.24) is 25.1 Å². The highest BCUT2D eigenvalue weighted by Gasteiger charge is 2.23. The van der Waals surface area contributed by atoms with Gasteiger partial charge in [-0.25, -0.2) is 0 Å². The van der Waals surface area contributed by atoms with E-state index < -0.39 is 0 Å². The number of hydrogen-bond donors (Lipinski definition) is 2. The van der Waals surface area contributed by atoms with Crippen LogP contribution >= 0.6 is 11.8 Å². The van der Waals surface area contributed by atoms with E-state index in [0.717, 1.165) is 46.9 Å². The van der Waals surface area contributed by atoms with Crippen molar-refractivity contribution in [3.63, 3.8) is 0 Å². The van der Waals surface area contributed by atoms with Crippen molar-refractivity contribution in [2.75, 3.05) is 18.9 Å². The van der Waals surface area contributed by atoms with Gasteiger partial charge >= 0.3 is 0 Å². The highest BCUT2D eigenvalue weighted by Crippen LogP contribution is 2.31. The zero-order chi connectivity index (χ0) is 19.3. The number of H-pyrrole nitrogens is 1. The normalized spacial score (nSPS) is 16.5. The minimum absolute atomic E-state index is 0.0507. The van der Waals surface area contributed by atoms with Crippen LogP contribution in [0.15, 0.2) is 48.3 Å². The van der Waals surface area contributed by atoms with Crippen LogP contribution in [-0.4, -0.2) is 50.7 Å². The number of rotatable bonds is 8. The fourth-order valence-corrected chi connectivity index (χ4v) is 4.15. The van der Waals surface area contributed by atoms with Crippen molar-refractivity contribution in [1.29, 1.82) is 0 Å². The Morgan fingerprint density at radius 3 is 3.14 bits per heavy atom. The number of ether oxygens (including phenoxy) is 1. The Kier molecular flexibility index (Phi) is 5.78. The van der Waals surface area contributed by atoms with Crippen LogP contribution in [0.25, 0.3) is 22.3 Å². The smallest absolute Gasteiger partial charge is 0.230 e. The predicted molar refractivity (Wildman–Crippen MR) is 110 cm³/mol. The summed E-state index contributed by atoms with van der Waals surface area (Å²) in [5.74, 6) is 1.03. The number of aromatic amines is 1. The van der Waals surface area contributed by atoms with Crippen LogP contribution in [0.4, 0.5) is 0 Å². The molecule has 1 aromatic carbocycles. The molecule has 1 atom stereocenters. The molecule has 1 amide bonds. The lowest BCUT2D eigenvalue weighted by molar-refractivity contribution is -0.118. The second-order valence-electron chi connectivity index (χ2n) is 6.68. The fraction of sp³-hybridized carbons (Fsp3) is 0.350. The minimum atomic E-state index is -0.0507. The molecule has 1 fully saturated rings. The number of nitrogens with one attached hydrogen (secondary N) is 2. The van der Waals surface area contributed by atoms with Crippen molar-refractivity contribution in [2.24, 2.45) is 0 Å². The van der Waals surface area contributed by atoms with Gasteiger partial charge in [0, 0.05) is 35.8 Å². The monoisotopic (exact) mass is 397 g/mol. The lowest BCUT2D eigenvalue weighted by atomic mass is 10.1. The van der Waals surface area contributed by atoms with Gasteiger partial charge in [-0.3, -0.25) is 9.36 Å². The molecular weight excluding hydrogens is 374 g/mol. The lowest BCUT2D eigenvalue weighted by Gasteiger charge is -2.14. The molecule has 0 bridgehead atoms. The molecular formula is C20H23N5O2S. The Labute approximate surface area is 167 Å². The zero-order valence-corrected chi connectivity index (χ0v) is 16.4. The molecule has 3 aromatic rings. The highest BCUT2D eigenvalue weighted by atomic mass is 32.2. The van der Waals surface area contributed by atoms with Gasteiger partial charge in [0.25, 0.3) is 0 Å². The van der Waals surface area contributed by atoms with Crippen LogP contribution in [0.1, 0.15) is 12.8 Å². The van der Waals surface area contributed by atoms with Crippen LogP contribution in [0, 0.1) is 0 Å². The molecule has 4 rings (SSSR count). The van der Waals surface area contributed by atoms with Crippen molar-refractivity contribution >= 4 is 28.6 Å². The van der Waals surface area contributed by atoms with E-state index in [-0.39, 0.29) is 17.8 Å². The first-order valence-corrected chi connectivity index (χ1v) is 10.4. The van der Waals surface area contributed by atoms with Gasteiger partial charge in [-0.2, -0.15) is 0 Å². The Hall–Kier alpha value is -2.58. The molecule has 1 aliphatic heterocycles. The van der Waals surface area contributed by atoms with E-state index in [9.17, 15) is 4.79 Å². The second-order valence-corrected chi connectivity index (χ2v) is 7.62. The van der Waals surface area contributed by atoms with Gasteiger partial charge < -0.3 is 15.0 Å². The summed E-state index contributed by atoms with van der Waals surface area (Å²) >= 11 is 1.39. The molecule has 146 valence electrons. The number of fused-ring (bicyclic) bond motifs is 1. The largest absolute Gasteiger partial charge is 0.376 e. The van der Waals surface area contributed by atoms with E-state index in [1.165, 1.54) is 11.8 Å². The van der Waals surface area contributed by atoms with E-state index in [1.807, 2.05) is 24.4 Å². The quantitative estimate of drug-likeness (QED) is 0.451. The van der Waals surface area contributed by atoms with Gasteiger partial charge in [-0.1, -0.05) is 36.0 Å². The van der Waals surface area contributed by atoms with Crippen molar-refractivity contribution < 1.29 is 9.53 Å². The Balaban J connectivity index is 1.63. The van der Waals surface area contributed by atoms with Crippen LogP contribution < -0.4 is 5.32 Å². The Bertz CT molecular complexity index is 974. The predicted octanol–water partition coefficient (Wildman–Crippen LogP) is 3.00. The second kappa shape index (κ2) is 8.62. The summed E-state index contributed by atoms with van der Waals surface area (Å²) in [6.07, 6.45) is 5.87. The molecule has 1 saturated heterocycles. The number of carbonyl (C=O) groups excluding carboxylic acids is 1. The van der Waals surface area contributed by atoms with Gasteiger partial charge in [0.1, 0.15) is 0 Å². The number of benzene rings is 1. The Morgan fingerprint density at radius 1 is 1.43 bits per heavy atom. The maximum absolute atomic E-state index is 12.0. The van der Waals surface area contributed by atoms with E-state index in [0.29, 0.717) is 13.1 Å². The topological polar surface area (TPSA) is 84.8 Å². The summed E-state index contributed by atoms with van der Waals surface area (Å²) in [6.45, 7) is 5.55. The molecule has 1 aliphatic rings. The van der Waals surface area contributed by atoms with Crippen LogP contribution in [-0.2, 0) is 16.1 Å². The number of hydrogen-bond acceptors (Lipinski definition) is 5. The number of nitrogens with zero attached hydrogens (tertiary/aromatic N) is 3. The molecule has 8 heteroatoms. The molecule has 0 spiro atoms. The fourth-order valence-electron chi connectivity index (χ4n) is 3.37. The summed E-state index contributed by atoms with van der Waals surface area (Å²) in [5, 5.41) is 13.5. The summed E-state index contributed by atoms with van der Waals surface area (Å²) in [5.41, 5.74) is 2.06. The first-order chi connectivity index (χ1) is 13.8. The summed E-state index contributed by atoms with van der Waals surface area (Å²) in [6, 6.07) is 8.13. The number of para-hydroxylation sites is 1. The van der Waals surface area contributed by atoms with Crippen molar-refractivity contribution in [3.05, 3.63) is 43.1 Å². The van der Waals surface area contributed by atoms with Crippen LogP contribution in [0.2, 0.25) is 0 Å². The molecule has 0 saturated carbocycles. The maximum Gasteiger partial charge on any atom is 0.230 e. The molecule has 1 unspecified atom stereocenters. The zero-order valence-electron chi connectivity index (χ0n) is 15.6. The SMILES string of the molecule is C=CCNC(=O)CSc1nnc(-c2c[nH]c3ccccc23)n1CC1CCCO1. The van der Waals surface area contributed by atoms with E-state index in [1.54, 1.807) is 6.08 Å². The minimum Gasteiger partial charge on any atom is -0.376 e. The molecule has 2 N–H and O–H groups in total.